The Morgan fingerprint density at radius 2 is 1.79 bits per heavy atom. The van der Waals surface area contributed by atoms with Crippen molar-refractivity contribution < 1.29 is 14.3 Å². The summed E-state index contributed by atoms with van der Waals surface area (Å²) in [6.45, 7) is 4.03. The van der Waals surface area contributed by atoms with Gasteiger partial charge >= 0.3 is 0 Å². The van der Waals surface area contributed by atoms with E-state index >= 15 is 0 Å². The Hall–Kier alpha value is -1.63. The van der Waals surface area contributed by atoms with E-state index in [9.17, 15) is 9.59 Å². The highest BCUT2D eigenvalue weighted by Crippen LogP contribution is 2.31. The Kier molecular flexibility index (Phi) is 8.33. The molecule has 1 saturated carbocycles. The molecule has 2 amide bonds. The van der Waals surface area contributed by atoms with Crippen LogP contribution in [0.4, 0.5) is 0 Å². The number of piperazine rings is 1. The van der Waals surface area contributed by atoms with E-state index in [0.717, 1.165) is 32.4 Å². The summed E-state index contributed by atoms with van der Waals surface area (Å²) < 4.78 is 5.07. The van der Waals surface area contributed by atoms with Gasteiger partial charge in [0.05, 0.1) is 6.04 Å². The van der Waals surface area contributed by atoms with Crippen molar-refractivity contribution in [3.63, 3.8) is 0 Å². The lowest BCUT2D eigenvalue weighted by Crippen LogP contribution is -2.58. The first-order chi connectivity index (χ1) is 14.1. The zero-order valence-electron chi connectivity index (χ0n) is 17.2. The third-order valence-corrected chi connectivity index (χ3v) is 6.28. The molecule has 0 radical (unpaired) electrons. The number of benzene rings is 1. The van der Waals surface area contributed by atoms with Gasteiger partial charge in [-0.3, -0.25) is 14.5 Å². The van der Waals surface area contributed by atoms with Gasteiger partial charge in [0.15, 0.2) is 0 Å². The molecule has 1 aromatic rings. The van der Waals surface area contributed by atoms with E-state index in [4.69, 9.17) is 16.3 Å². The molecule has 3 rings (SSSR count). The number of halogens is 1. The minimum atomic E-state index is -0.0900. The van der Waals surface area contributed by atoms with Gasteiger partial charge in [0.25, 0.3) is 5.91 Å². The summed E-state index contributed by atoms with van der Waals surface area (Å²) in [7, 11) is 1.67. The number of nitrogens with one attached hydrogen (secondary N) is 1. The van der Waals surface area contributed by atoms with Crippen molar-refractivity contribution >= 4 is 23.4 Å². The Morgan fingerprint density at radius 3 is 2.41 bits per heavy atom. The summed E-state index contributed by atoms with van der Waals surface area (Å²) >= 11 is 5.93. The van der Waals surface area contributed by atoms with Crippen molar-refractivity contribution in [2.45, 2.75) is 38.1 Å². The van der Waals surface area contributed by atoms with Crippen molar-refractivity contribution in [1.29, 1.82) is 0 Å². The zero-order chi connectivity index (χ0) is 20.6. The van der Waals surface area contributed by atoms with Crippen LogP contribution in [0.1, 0.15) is 42.5 Å². The van der Waals surface area contributed by atoms with Gasteiger partial charge in [0.2, 0.25) is 5.91 Å². The van der Waals surface area contributed by atoms with Gasteiger partial charge in [-0.15, -0.1) is 0 Å². The fourth-order valence-electron chi connectivity index (χ4n) is 4.46. The number of carbonyl (C=O) groups is 2. The summed E-state index contributed by atoms with van der Waals surface area (Å²) in [5, 5.41) is 3.73. The smallest absolute Gasteiger partial charge is 0.253 e. The second kappa shape index (κ2) is 11.0. The lowest BCUT2D eigenvalue weighted by Gasteiger charge is -2.40. The minimum Gasteiger partial charge on any atom is -0.385 e. The van der Waals surface area contributed by atoms with Gasteiger partial charge in [-0.25, -0.2) is 0 Å². The molecule has 0 aromatic heterocycles. The van der Waals surface area contributed by atoms with Gasteiger partial charge in [0, 0.05) is 57.0 Å². The molecule has 1 atom stereocenters. The molecule has 1 aliphatic carbocycles. The molecule has 0 bridgehead atoms. The van der Waals surface area contributed by atoms with Gasteiger partial charge < -0.3 is 15.0 Å². The van der Waals surface area contributed by atoms with Crippen LogP contribution in [0.15, 0.2) is 24.3 Å². The Bertz CT molecular complexity index is 668. The molecule has 7 heteroatoms. The van der Waals surface area contributed by atoms with Crippen LogP contribution in [0.3, 0.4) is 0 Å². The van der Waals surface area contributed by atoms with Crippen LogP contribution in [0.25, 0.3) is 0 Å². The fraction of sp³-hybridized carbons (Fsp3) is 0.636. The maximum atomic E-state index is 13.0. The molecular weight excluding hydrogens is 390 g/mol. The van der Waals surface area contributed by atoms with Crippen LogP contribution in [-0.4, -0.2) is 74.1 Å². The maximum absolute atomic E-state index is 13.0. The molecule has 6 nitrogen and oxygen atoms in total. The summed E-state index contributed by atoms with van der Waals surface area (Å²) in [5.74, 6) is 0.573. The highest BCUT2D eigenvalue weighted by molar-refractivity contribution is 6.30. The first-order valence-electron chi connectivity index (χ1n) is 10.7. The lowest BCUT2D eigenvalue weighted by molar-refractivity contribution is -0.129. The number of hydrogen-bond acceptors (Lipinski definition) is 4. The first-order valence-corrected chi connectivity index (χ1v) is 11.0. The van der Waals surface area contributed by atoms with Crippen LogP contribution < -0.4 is 5.32 Å². The Balaban J connectivity index is 1.58. The Morgan fingerprint density at radius 1 is 1.14 bits per heavy atom. The van der Waals surface area contributed by atoms with Crippen molar-refractivity contribution in [2.24, 2.45) is 5.92 Å². The van der Waals surface area contributed by atoms with E-state index in [1.807, 2.05) is 4.90 Å². The lowest BCUT2D eigenvalue weighted by atomic mass is 9.95. The number of hydrogen-bond donors (Lipinski definition) is 1. The number of amides is 2. The second-order valence-electron chi connectivity index (χ2n) is 7.96. The molecule has 160 valence electrons. The van der Waals surface area contributed by atoms with E-state index in [1.54, 1.807) is 31.4 Å². The zero-order valence-corrected chi connectivity index (χ0v) is 18.0. The predicted octanol–water partition coefficient (Wildman–Crippen LogP) is 2.81. The molecular formula is C22H32ClN3O3. The molecule has 0 spiro atoms. The average molecular weight is 422 g/mol. The highest BCUT2D eigenvalue weighted by atomic mass is 35.5. The third-order valence-electron chi connectivity index (χ3n) is 6.03. The van der Waals surface area contributed by atoms with Crippen LogP contribution in [-0.2, 0) is 9.53 Å². The van der Waals surface area contributed by atoms with Crippen LogP contribution >= 0.6 is 11.6 Å². The second-order valence-corrected chi connectivity index (χ2v) is 8.40. The number of nitrogens with zero attached hydrogens (tertiary/aromatic N) is 2. The van der Waals surface area contributed by atoms with E-state index in [-0.39, 0.29) is 17.9 Å². The normalized spacial score (nSPS) is 19.3. The molecule has 1 aromatic carbocycles. The summed E-state index contributed by atoms with van der Waals surface area (Å²) in [6.07, 6.45) is 5.45. The predicted molar refractivity (Wildman–Crippen MR) is 114 cm³/mol. The van der Waals surface area contributed by atoms with Crippen LogP contribution in [0.2, 0.25) is 5.02 Å². The molecule has 29 heavy (non-hydrogen) atoms. The van der Waals surface area contributed by atoms with Crippen molar-refractivity contribution in [3.05, 3.63) is 34.9 Å². The largest absolute Gasteiger partial charge is 0.385 e. The molecule has 1 heterocycles. The van der Waals surface area contributed by atoms with Gasteiger partial charge in [-0.1, -0.05) is 24.4 Å². The number of rotatable bonds is 8. The standard InChI is InChI=1S/C22H32ClN3O3/c1-29-16-4-11-24-21(27)20(17-5-2-3-6-17)25-12-14-26(15-13-25)22(28)18-7-9-19(23)10-8-18/h7-10,17,20H,2-6,11-16H2,1H3,(H,24,27). The molecule has 2 aliphatic rings. The Labute approximate surface area is 178 Å². The molecule has 1 unspecified atom stereocenters. The van der Waals surface area contributed by atoms with E-state index in [0.29, 0.717) is 42.7 Å². The van der Waals surface area contributed by atoms with E-state index in [2.05, 4.69) is 10.2 Å². The summed E-state index contributed by atoms with van der Waals surface area (Å²) in [5.41, 5.74) is 0.658. The monoisotopic (exact) mass is 421 g/mol. The quantitative estimate of drug-likeness (QED) is 0.655. The number of carbonyl (C=O) groups excluding carboxylic acids is 2. The highest BCUT2D eigenvalue weighted by Gasteiger charge is 2.37. The van der Waals surface area contributed by atoms with E-state index < -0.39 is 0 Å². The van der Waals surface area contributed by atoms with Crippen LogP contribution in [0, 0.1) is 5.92 Å². The SMILES string of the molecule is COCCCNC(=O)C(C1CCCC1)N1CCN(C(=O)c2ccc(Cl)cc2)CC1. The maximum Gasteiger partial charge on any atom is 0.253 e. The summed E-state index contributed by atoms with van der Waals surface area (Å²) in [6, 6.07) is 6.94. The van der Waals surface area contributed by atoms with Crippen LogP contribution in [0.5, 0.6) is 0 Å². The molecule has 1 aliphatic heterocycles. The van der Waals surface area contributed by atoms with Gasteiger partial charge in [0.1, 0.15) is 0 Å². The molecule has 1 N–H and O–H groups in total. The van der Waals surface area contributed by atoms with Crippen molar-refractivity contribution in [2.75, 3.05) is 46.4 Å². The van der Waals surface area contributed by atoms with Gasteiger partial charge in [-0.2, -0.15) is 0 Å². The topological polar surface area (TPSA) is 61.9 Å². The molecule has 2 fully saturated rings. The summed E-state index contributed by atoms with van der Waals surface area (Å²) in [4.78, 5) is 29.9. The van der Waals surface area contributed by atoms with Gasteiger partial charge in [-0.05, 0) is 49.4 Å². The third kappa shape index (κ3) is 5.93. The van der Waals surface area contributed by atoms with E-state index in [1.165, 1.54) is 12.8 Å². The average Bonchev–Trinajstić information content (AvgIpc) is 3.26. The number of ether oxygens (including phenoxy) is 1. The number of methoxy groups -OCH3 is 1. The molecule has 1 saturated heterocycles. The minimum absolute atomic E-state index is 0.0303. The van der Waals surface area contributed by atoms with Crippen molar-refractivity contribution in [3.8, 4) is 0 Å². The first kappa shape index (κ1) is 22.1. The fourth-order valence-corrected chi connectivity index (χ4v) is 4.59. The van der Waals surface area contributed by atoms with Crippen molar-refractivity contribution in [1.82, 2.24) is 15.1 Å².